The van der Waals surface area contributed by atoms with Crippen molar-refractivity contribution in [2.45, 2.75) is 13.3 Å². The number of nitrogens with zero attached hydrogens (tertiary/aromatic N) is 1. The second kappa shape index (κ2) is 4.14. The van der Waals surface area contributed by atoms with Crippen LogP contribution in [-0.4, -0.2) is 11.1 Å². The van der Waals surface area contributed by atoms with Gasteiger partial charge in [-0.05, 0) is 9.95 Å². The summed E-state index contributed by atoms with van der Waals surface area (Å²) < 4.78 is 5.99. The minimum absolute atomic E-state index is 0.0219. The largest absolute Gasteiger partial charge is 0.438 e. The van der Waals surface area contributed by atoms with Gasteiger partial charge in [-0.25, -0.2) is 4.79 Å². The molecule has 82 valence electrons. The predicted molar refractivity (Wildman–Crippen MR) is 55.5 cm³/mol. The van der Waals surface area contributed by atoms with Gasteiger partial charge in [0.25, 0.3) is 0 Å². The van der Waals surface area contributed by atoms with E-state index in [2.05, 4.69) is 9.79 Å². The van der Waals surface area contributed by atoms with Crippen molar-refractivity contribution in [2.24, 2.45) is 0 Å². The second-order valence-corrected chi connectivity index (χ2v) is 3.28. The van der Waals surface area contributed by atoms with Crippen LogP contribution in [0.25, 0.3) is 5.69 Å². The number of H-pyrrole nitrogens is 1. The van der Waals surface area contributed by atoms with Gasteiger partial charge in [-0.3, -0.25) is 9.32 Å². The van der Waals surface area contributed by atoms with Crippen LogP contribution in [0, 0.1) is 0 Å². The molecule has 1 aromatic carbocycles. The molecule has 0 unspecified atom stereocenters. The minimum atomic E-state index is -0.643. The molecular weight excluding hydrogens is 208 g/mol. The molecule has 0 radical (unpaired) electrons. The normalized spacial score (nSPS) is 10.3. The number of hydrogen-bond acceptors (Lipinski definition) is 3. The lowest BCUT2D eigenvalue weighted by molar-refractivity contribution is -0.672. The fourth-order valence-electron chi connectivity index (χ4n) is 1.44. The third-order valence-corrected chi connectivity index (χ3v) is 2.25. The Morgan fingerprint density at radius 3 is 2.69 bits per heavy atom. The molecule has 0 saturated carbocycles. The third-order valence-electron chi connectivity index (χ3n) is 2.25. The molecule has 0 amide bonds. The van der Waals surface area contributed by atoms with E-state index in [1.165, 1.54) is 4.68 Å². The summed E-state index contributed by atoms with van der Waals surface area (Å²) in [6.45, 7) is 1.70. The summed E-state index contributed by atoms with van der Waals surface area (Å²) in [5.41, 5.74) is 0.0644. The molecule has 0 atom stereocenters. The first-order valence-corrected chi connectivity index (χ1v) is 4.96. The number of aromatic nitrogens is 2. The first-order chi connectivity index (χ1) is 7.74. The van der Waals surface area contributed by atoms with E-state index in [1.807, 2.05) is 18.2 Å². The van der Waals surface area contributed by atoms with Crippen molar-refractivity contribution in [3.8, 4) is 5.69 Å². The fraction of sp³-hybridized carbons (Fsp3) is 0.182. The summed E-state index contributed by atoms with van der Waals surface area (Å²) in [6.07, 6.45) is 0.259. The Morgan fingerprint density at radius 1 is 1.38 bits per heavy atom. The summed E-state index contributed by atoms with van der Waals surface area (Å²) in [5.74, 6) is -0.251. The number of hydrogen-bond donors (Lipinski definition) is 1. The number of ketones is 1. The van der Waals surface area contributed by atoms with Gasteiger partial charge in [0.05, 0.1) is 0 Å². The van der Waals surface area contributed by atoms with Gasteiger partial charge in [-0.15, -0.1) is 0 Å². The Bertz CT molecular complexity index is 554. The quantitative estimate of drug-likeness (QED) is 0.614. The van der Waals surface area contributed by atoms with Crippen LogP contribution in [0.3, 0.4) is 0 Å². The van der Waals surface area contributed by atoms with Crippen molar-refractivity contribution in [2.75, 3.05) is 0 Å². The molecule has 0 fully saturated rings. The summed E-state index contributed by atoms with van der Waals surface area (Å²) in [5, 5.41) is 2.41. The lowest BCUT2D eigenvalue weighted by Gasteiger charge is -1.90. The number of rotatable bonds is 3. The van der Waals surface area contributed by atoms with Crippen molar-refractivity contribution in [3.05, 3.63) is 46.4 Å². The van der Waals surface area contributed by atoms with Gasteiger partial charge in [-0.2, -0.15) is 0 Å². The van der Waals surface area contributed by atoms with Crippen molar-refractivity contribution in [1.82, 2.24) is 5.27 Å². The van der Waals surface area contributed by atoms with Crippen molar-refractivity contribution in [3.63, 3.8) is 0 Å². The molecule has 16 heavy (non-hydrogen) atoms. The van der Waals surface area contributed by atoms with Gasteiger partial charge in [0.1, 0.15) is 0 Å². The zero-order valence-corrected chi connectivity index (χ0v) is 8.77. The highest BCUT2D eigenvalue weighted by molar-refractivity contribution is 5.92. The number of benzene rings is 1. The maximum Gasteiger partial charge on any atom is 0.438 e. The first kappa shape index (κ1) is 10.4. The second-order valence-electron chi connectivity index (χ2n) is 3.28. The average Bonchev–Trinajstić information content (AvgIpc) is 2.71. The summed E-state index contributed by atoms with van der Waals surface area (Å²) in [6, 6.07) is 9.03. The maximum absolute atomic E-state index is 11.6. The first-order valence-electron chi connectivity index (χ1n) is 4.96. The predicted octanol–water partition coefficient (Wildman–Crippen LogP) is 0.837. The highest BCUT2D eigenvalue weighted by atomic mass is 16.5. The molecule has 0 aliphatic rings. The molecule has 0 bridgehead atoms. The molecule has 1 N–H and O–H groups in total. The van der Waals surface area contributed by atoms with Crippen LogP contribution in [-0.2, 0) is 0 Å². The van der Waals surface area contributed by atoms with Gasteiger partial charge in [-0.1, -0.05) is 25.1 Å². The summed E-state index contributed by atoms with van der Waals surface area (Å²) in [4.78, 5) is 23.0. The zero-order valence-electron chi connectivity index (χ0n) is 8.77. The van der Waals surface area contributed by atoms with Crippen LogP contribution < -0.4 is 10.3 Å². The van der Waals surface area contributed by atoms with Crippen molar-refractivity contribution in [1.29, 1.82) is 0 Å². The maximum atomic E-state index is 11.6. The third kappa shape index (κ3) is 1.67. The topological polar surface area (TPSA) is 67.0 Å². The SMILES string of the molecule is CCC(=O)c1c(=O)o[nH][n+]1-c1ccccc1. The van der Waals surface area contributed by atoms with E-state index >= 15 is 0 Å². The van der Waals surface area contributed by atoms with Crippen LogP contribution in [0.2, 0.25) is 0 Å². The fourth-order valence-corrected chi connectivity index (χ4v) is 1.44. The van der Waals surface area contributed by atoms with Gasteiger partial charge in [0.15, 0.2) is 0 Å². The molecule has 1 heterocycles. The Labute approximate surface area is 91.3 Å². The van der Waals surface area contributed by atoms with E-state index in [0.29, 0.717) is 5.69 Å². The van der Waals surface area contributed by atoms with Crippen LogP contribution in [0.4, 0.5) is 0 Å². The molecule has 0 aliphatic carbocycles. The lowest BCUT2D eigenvalue weighted by Crippen LogP contribution is -2.40. The van der Waals surface area contributed by atoms with Gasteiger partial charge < -0.3 is 0 Å². The van der Waals surface area contributed by atoms with E-state index in [0.717, 1.165) is 0 Å². The molecule has 0 saturated heterocycles. The van der Waals surface area contributed by atoms with E-state index in [-0.39, 0.29) is 17.9 Å². The van der Waals surface area contributed by atoms with Gasteiger partial charge >= 0.3 is 11.3 Å². The molecule has 0 aliphatic heterocycles. The van der Waals surface area contributed by atoms with Crippen molar-refractivity contribution >= 4 is 5.78 Å². The van der Waals surface area contributed by atoms with Crippen molar-refractivity contribution < 1.29 is 14.0 Å². The highest BCUT2D eigenvalue weighted by Gasteiger charge is 2.28. The molecule has 1 aromatic heterocycles. The Hall–Kier alpha value is -2.17. The van der Waals surface area contributed by atoms with E-state index < -0.39 is 5.63 Å². The number of carbonyl (C=O) groups is 1. The van der Waals surface area contributed by atoms with E-state index in [4.69, 9.17) is 0 Å². The number of nitrogens with one attached hydrogen (secondary N) is 1. The lowest BCUT2D eigenvalue weighted by atomic mass is 10.2. The van der Waals surface area contributed by atoms with Crippen LogP contribution >= 0.6 is 0 Å². The number of aromatic amines is 1. The minimum Gasteiger partial charge on any atom is -0.287 e. The Balaban J connectivity index is 2.59. The molecule has 2 aromatic rings. The smallest absolute Gasteiger partial charge is 0.287 e. The van der Waals surface area contributed by atoms with Crippen LogP contribution in [0.5, 0.6) is 0 Å². The molecule has 5 heteroatoms. The van der Waals surface area contributed by atoms with E-state index in [1.54, 1.807) is 19.1 Å². The summed E-state index contributed by atoms with van der Waals surface area (Å²) in [7, 11) is 0. The zero-order chi connectivity index (χ0) is 11.5. The Morgan fingerprint density at radius 2 is 2.06 bits per heavy atom. The van der Waals surface area contributed by atoms with Crippen LogP contribution in [0.15, 0.2) is 39.6 Å². The van der Waals surface area contributed by atoms with Crippen LogP contribution in [0.1, 0.15) is 23.8 Å². The molecular formula is C11H11N2O3+. The molecule has 2 rings (SSSR count). The monoisotopic (exact) mass is 219 g/mol. The van der Waals surface area contributed by atoms with E-state index in [9.17, 15) is 9.59 Å². The van der Waals surface area contributed by atoms with Gasteiger partial charge in [0.2, 0.25) is 11.5 Å². The van der Waals surface area contributed by atoms with Gasteiger partial charge in [0, 0.05) is 18.6 Å². The highest BCUT2D eigenvalue weighted by Crippen LogP contribution is 1.99. The number of carbonyl (C=O) groups excluding carboxylic acids is 1. The Kier molecular flexibility index (Phi) is 2.68. The average molecular weight is 219 g/mol. The molecule has 0 spiro atoms. The number of Topliss-reactive ketones (excluding diaryl/α,β-unsaturated/α-hetero) is 1. The number of para-hydroxylation sites is 1. The standard InChI is InChI=1S/C11H10N2O3/c1-2-9(14)10-11(15)16-12-13(10)8-6-4-3-5-7-8/h3-7H,2H2,1H3/p+1. The molecule has 5 nitrogen and oxygen atoms in total. The summed E-state index contributed by atoms with van der Waals surface area (Å²) >= 11 is 0.